The predicted molar refractivity (Wildman–Crippen MR) is 127 cm³/mol. The average molecular weight is 446 g/mol. The van der Waals surface area contributed by atoms with Crippen LogP contribution in [0.15, 0.2) is 66.7 Å². The molecule has 4 aromatic rings. The molecule has 0 atom stereocenters. The van der Waals surface area contributed by atoms with Gasteiger partial charge in [-0.05, 0) is 53.7 Å². The highest BCUT2D eigenvalue weighted by Crippen LogP contribution is 2.18. The van der Waals surface area contributed by atoms with Gasteiger partial charge in [0.15, 0.2) is 10.6 Å². The van der Waals surface area contributed by atoms with Gasteiger partial charge in [0.1, 0.15) is 6.54 Å². The number of anilines is 1. The molecule has 0 spiro atoms. The first-order chi connectivity index (χ1) is 15.4. The van der Waals surface area contributed by atoms with Gasteiger partial charge in [-0.1, -0.05) is 48.5 Å². The van der Waals surface area contributed by atoms with Crippen molar-refractivity contribution in [2.24, 2.45) is 7.05 Å². The average Bonchev–Trinajstić information content (AvgIpc) is 3.05. The van der Waals surface area contributed by atoms with Crippen LogP contribution in [0, 0.1) is 11.7 Å². The second kappa shape index (κ2) is 9.15. The first kappa shape index (κ1) is 21.5. The summed E-state index contributed by atoms with van der Waals surface area (Å²) in [5, 5.41) is 12.3. The fourth-order valence-electron chi connectivity index (χ4n) is 3.48. The van der Waals surface area contributed by atoms with Gasteiger partial charge in [0.25, 0.3) is 5.91 Å². The Balaban J connectivity index is 1.42. The Morgan fingerprint density at radius 1 is 1.00 bits per heavy atom. The summed E-state index contributed by atoms with van der Waals surface area (Å²) >= 11 is 5.43. The van der Waals surface area contributed by atoms with Gasteiger partial charge in [0, 0.05) is 18.3 Å². The predicted octanol–water partition coefficient (Wildman–Crippen LogP) is 3.98. The first-order valence-corrected chi connectivity index (χ1v) is 10.6. The fraction of sp³-hybridized carbons (Fsp3) is 0.167. The van der Waals surface area contributed by atoms with Gasteiger partial charge in [0.05, 0.1) is 6.54 Å². The molecule has 0 saturated heterocycles. The van der Waals surface area contributed by atoms with Crippen molar-refractivity contribution in [1.82, 2.24) is 19.7 Å². The molecular formula is C24H23N5O2S. The van der Waals surface area contributed by atoms with Crippen LogP contribution in [-0.2, 0) is 24.9 Å². The lowest BCUT2D eigenvalue weighted by atomic mass is 10.1. The van der Waals surface area contributed by atoms with E-state index in [1.54, 1.807) is 17.7 Å². The van der Waals surface area contributed by atoms with Crippen LogP contribution in [0.2, 0.25) is 0 Å². The topological polar surface area (TPSA) is 80.9 Å². The molecule has 2 amide bonds. The molecule has 2 N–H and O–H groups in total. The van der Waals surface area contributed by atoms with E-state index in [9.17, 15) is 9.59 Å². The second-order valence-corrected chi connectivity index (χ2v) is 7.89. The molecule has 1 aromatic heterocycles. The van der Waals surface area contributed by atoms with Crippen molar-refractivity contribution in [3.63, 3.8) is 0 Å². The molecule has 0 saturated carbocycles. The van der Waals surface area contributed by atoms with Gasteiger partial charge in [-0.25, -0.2) is 4.68 Å². The molecule has 0 unspecified atom stereocenters. The van der Waals surface area contributed by atoms with Crippen LogP contribution >= 0.6 is 12.2 Å². The lowest BCUT2D eigenvalue weighted by molar-refractivity contribution is -0.116. The molecule has 0 bridgehead atoms. The van der Waals surface area contributed by atoms with Crippen molar-refractivity contribution in [2.75, 3.05) is 5.32 Å². The molecule has 32 heavy (non-hydrogen) atoms. The number of nitrogens with zero attached hydrogens (tertiary/aromatic N) is 3. The van der Waals surface area contributed by atoms with E-state index in [0.29, 0.717) is 21.8 Å². The van der Waals surface area contributed by atoms with Gasteiger partial charge in [-0.15, -0.1) is 0 Å². The van der Waals surface area contributed by atoms with Crippen LogP contribution in [0.5, 0.6) is 0 Å². The molecule has 3 aromatic carbocycles. The molecule has 1 heterocycles. The monoisotopic (exact) mass is 445 g/mol. The summed E-state index contributed by atoms with van der Waals surface area (Å²) in [4.78, 5) is 25.1. The van der Waals surface area contributed by atoms with Crippen LogP contribution in [0.1, 0.15) is 21.7 Å². The van der Waals surface area contributed by atoms with Crippen molar-refractivity contribution >= 4 is 40.5 Å². The molecule has 162 valence electrons. The minimum Gasteiger partial charge on any atom is -0.345 e. The summed E-state index contributed by atoms with van der Waals surface area (Å²) in [5.74, 6) is 0.151. The van der Waals surface area contributed by atoms with E-state index >= 15 is 0 Å². The number of nitrogens with one attached hydrogen (secondary N) is 2. The lowest BCUT2D eigenvalue weighted by Crippen LogP contribution is -2.25. The first-order valence-electron chi connectivity index (χ1n) is 10.2. The zero-order chi connectivity index (χ0) is 22.7. The van der Waals surface area contributed by atoms with E-state index in [1.807, 2.05) is 67.6 Å². The third kappa shape index (κ3) is 4.60. The maximum Gasteiger partial charge on any atom is 0.251 e. The highest BCUT2D eigenvalue weighted by Gasteiger charge is 2.14. The molecule has 0 aliphatic carbocycles. The van der Waals surface area contributed by atoms with Crippen molar-refractivity contribution in [3.05, 3.63) is 88.5 Å². The number of hydrogen-bond donors (Lipinski definition) is 2. The fourth-order valence-corrected chi connectivity index (χ4v) is 3.69. The highest BCUT2D eigenvalue weighted by atomic mass is 32.1. The maximum atomic E-state index is 12.6. The number of amides is 2. The van der Waals surface area contributed by atoms with Crippen molar-refractivity contribution in [2.45, 2.75) is 20.0 Å². The standard InChI is InChI=1S/C24H23N5O2S/c1-16-7-3-6-10-20(16)23(31)25-14-21-27-29(24(32)28(21)2)15-22(30)26-19-12-11-17-8-4-5-9-18(17)13-19/h3-13H,14-15H2,1-2H3,(H,25,31)(H,26,30). The highest BCUT2D eigenvalue weighted by molar-refractivity contribution is 7.71. The summed E-state index contributed by atoms with van der Waals surface area (Å²) in [5.41, 5.74) is 2.22. The third-order valence-electron chi connectivity index (χ3n) is 5.25. The van der Waals surface area contributed by atoms with Crippen LogP contribution in [0.25, 0.3) is 10.8 Å². The van der Waals surface area contributed by atoms with Crippen molar-refractivity contribution in [1.29, 1.82) is 0 Å². The van der Waals surface area contributed by atoms with E-state index in [0.717, 1.165) is 16.3 Å². The minimum absolute atomic E-state index is 0.0226. The van der Waals surface area contributed by atoms with E-state index in [4.69, 9.17) is 12.2 Å². The molecule has 4 rings (SSSR count). The third-order valence-corrected chi connectivity index (χ3v) is 5.74. The second-order valence-electron chi connectivity index (χ2n) is 7.52. The van der Waals surface area contributed by atoms with Gasteiger partial charge < -0.3 is 15.2 Å². The van der Waals surface area contributed by atoms with Gasteiger partial charge in [0.2, 0.25) is 5.91 Å². The number of rotatable bonds is 6. The quantitative estimate of drug-likeness (QED) is 0.440. The Kier molecular flexibility index (Phi) is 6.13. The number of carbonyl (C=O) groups excluding carboxylic acids is 2. The van der Waals surface area contributed by atoms with E-state index in [1.165, 1.54) is 4.68 Å². The zero-order valence-electron chi connectivity index (χ0n) is 17.8. The van der Waals surface area contributed by atoms with E-state index in [2.05, 4.69) is 15.7 Å². The molecule has 7 nitrogen and oxygen atoms in total. The molecule has 0 radical (unpaired) electrons. The Bertz CT molecular complexity index is 1370. The number of hydrogen-bond acceptors (Lipinski definition) is 4. The Labute approximate surface area is 190 Å². The number of aryl methyl sites for hydroxylation is 1. The van der Waals surface area contributed by atoms with Crippen LogP contribution in [0.4, 0.5) is 5.69 Å². The Morgan fingerprint density at radius 2 is 1.72 bits per heavy atom. The largest absolute Gasteiger partial charge is 0.345 e. The number of carbonyl (C=O) groups is 2. The molecule has 0 aliphatic rings. The van der Waals surface area contributed by atoms with E-state index in [-0.39, 0.29) is 24.9 Å². The van der Waals surface area contributed by atoms with Gasteiger partial charge in [-0.3, -0.25) is 9.59 Å². The number of fused-ring (bicyclic) bond motifs is 1. The smallest absolute Gasteiger partial charge is 0.251 e. The maximum absolute atomic E-state index is 12.6. The Morgan fingerprint density at radius 3 is 2.50 bits per heavy atom. The van der Waals surface area contributed by atoms with Crippen LogP contribution < -0.4 is 10.6 Å². The normalized spacial score (nSPS) is 10.8. The zero-order valence-corrected chi connectivity index (χ0v) is 18.6. The molecule has 8 heteroatoms. The SMILES string of the molecule is Cc1ccccc1C(=O)NCc1nn(CC(=O)Nc2ccc3ccccc3c2)c(=S)n1C. The molecule has 0 aliphatic heterocycles. The summed E-state index contributed by atoms with van der Waals surface area (Å²) in [6.45, 7) is 2.07. The van der Waals surface area contributed by atoms with Crippen LogP contribution in [0.3, 0.4) is 0 Å². The Hall–Kier alpha value is -3.78. The van der Waals surface area contributed by atoms with E-state index < -0.39 is 0 Å². The minimum atomic E-state index is -0.232. The van der Waals surface area contributed by atoms with Crippen molar-refractivity contribution in [3.8, 4) is 0 Å². The number of benzene rings is 3. The molecule has 0 fully saturated rings. The van der Waals surface area contributed by atoms with Gasteiger partial charge in [-0.2, -0.15) is 5.10 Å². The van der Waals surface area contributed by atoms with Crippen LogP contribution in [-0.4, -0.2) is 26.2 Å². The number of aromatic nitrogens is 3. The van der Waals surface area contributed by atoms with Crippen molar-refractivity contribution < 1.29 is 9.59 Å². The summed E-state index contributed by atoms with van der Waals surface area (Å²) in [6, 6.07) is 21.1. The summed E-state index contributed by atoms with van der Waals surface area (Å²) in [7, 11) is 1.77. The summed E-state index contributed by atoms with van der Waals surface area (Å²) in [6.07, 6.45) is 0. The summed E-state index contributed by atoms with van der Waals surface area (Å²) < 4.78 is 3.55. The van der Waals surface area contributed by atoms with Gasteiger partial charge >= 0.3 is 0 Å². The lowest BCUT2D eigenvalue weighted by Gasteiger charge is -2.07. The molecular weight excluding hydrogens is 422 g/mol.